The summed E-state index contributed by atoms with van der Waals surface area (Å²) in [5.74, 6) is 0. The van der Waals surface area contributed by atoms with Crippen LogP contribution in [0.15, 0.2) is 0 Å². The molecule has 0 unspecified atom stereocenters. The van der Waals surface area contributed by atoms with Crippen molar-refractivity contribution in [1.29, 1.82) is 0 Å². The minimum atomic E-state index is -4.17. The zero-order valence-electron chi connectivity index (χ0n) is 10.1. The van der Waals surface area contributed by atoms with Crippen molar-refractivity contribution in [3.63, 3.8) is 0 Å². The summed E-state index contributed by atoms with van der Waals surface area (Å²) in [6.07, 6.45) is -3.63. The highest BCUT2D eigenvalue weighted by Gasteiger charge is 2.31. The lowest BCUT2D eigenvalue weighted by Crippen LogP contribution is -2.40. The van der Waals surface area contributed by atoms with Gasteiger partial charge >= 0.3 is 6.18 Å². The van der Waals surface area contributed by atoms with E-state index in [-0.39, 0.29) is 13.1 Å². The van der Waals surface area contributed by atoms with Crippen LogP contribution in [-0.2, 0) is 4.74 Å². The lowest BCUT2D eigenvalue weighted by molar-refractivity contribution is -0.147. The van der Waals surface area contributed by atoms with Gasteiger partial charge < -0.3 is 10.5 Å². The maximum Gasteiger partial charge on any atom is 0.401 e. The van der Waals surface area contributed by atoms with Crippen LogP contribution in [-0.4, -0.2) is 50.0 Å². The van der Waals surface area contributed by atoms with Crippen LogP contribution in [0.5, 0.6) is 0 Å². The summed E-state index contributed by atoms with van der Waals surface area (Å²) >= 11 is 0. The van der Waals surface area contributed by atoms with Crippen molar-refractivity contribution in [1.82, 2.24) is 4.90 Å². The molecule has 6 heteroatoms. The third-order valence-electron chi connectivity index (χ3n) is 2.43. The number of ether oxygens (including phenoxy) is 1. The van der Waals surface area contributed by atoms with Gasteiger partial charge in [-0.1, -0.05) is 0 Å². The molecular formula is C10H21F3N2O. The Labute approximate surface area is 94.7 Å². The van der Waals surface area contributed by atoms with Crippen molar-refractivity contribution in [2.45, 2.75) is 32.0 Å². The number of methoxy groups -OCH3 is 1. The predicted molar refractivity (Wildman–Crippen MR) is 57.3 cm³/mol. The van der Waals surface area contributed by atoms with Gasteiger partial charge in [0, 0.05) is 26.7 Å². The average Bonchev–Trinajstić information content (AvgIpc) is 2.13. The largest absolute Gasteiger partial charge is 0.401 e. The molecule has 0 aromatic rings. The molecule has 0 bridgehead atoms. The van der Waals surface area contributed by atoms with Crippen LogP contribution >= 0.6 is 0 Å². The highest BCUT2D eigenvalue weighted by Crippen LogP contribution is 2.18. The third-order valence-corrected chi connectivity index (χ3v) is 2.43. The molecule has 0 saturated heterocycles. The molecule has 0 saturated carbocycles. The molecule has 0 atom stereocenters. The summed E-state index contributed by atoms with van der Waals surface area (Å²) in [7, 11) is 1.55. The van der Waals surface area contributed by atoms with Crippen molar-refractivity contribution in [2.75, 3.05) is 33.3 Å². The number of rotatable bonds is 7. The lowest BCUT2D eigenvalue weighted by Gasteiger charge is -2.28. The summed E-state index contributed by atoms with van der Waals surface area (Å²) in [6, 6.07) is 0. The van der Waals surface area contributed by atoms with Gasteiger partial charge in [-0.15, -0.1) is 0 Å². The van der Waals surface area contributed by atoms with Crippen molar-refractivity contribution in [3.8, 4) is 0 Å². The quantitative estimate of drug-likeness (QED) is 0.737. The van der Waals surface area contributed by atoms with Gasteiger partial charge in [0.2, 0.25) is 0 Å². The molecular weight excluding hydrogens is 221 g/mol. The Kier molecular flexibility index (Phi) is 6.28. The third kappa shape index (κ3) is 7.90. The Hall–Kier alpha value is -0.330. The maximum atomic E-state index is 12.2. The van der Waals surface area contributed by atoms with Crippen LogP contribution in [0.4, 0.5) is 13.2 Å². The fourth-order valence-corrected chi connectivity index (χ4v) is 1.24. The van der Waals surface area contributed by atoms with Crippen molar-refractivity contribution in [3.05, 3.63) is 0 Å². The molecule has 0 aliphatic heterocycles. The van der Waals surface area contributed by atoms with Crippen LogP contribution in [0.2, 0.25) is 0 Å². The van der Waals surface area contributed by atoms with Gasteiger partial charge in [-0.2, -0.15) is 13.2 Å². The van der Waals surface area contributed by atoms with Crippen LogP contribution in [0.25, 0.3) is 0 Å². The van der Waals surface area contributed by atoms with Crippen molar-refractivity contribution < 1.29 is 17.9 Å². The second-order valence-corrected chi connectivity index (χ2v) is 4.39. The van der Waals surface area contributed by atoms with E-state index in [1.165, 1.54) is 4.90 Å². The minimum absolute atomic E-state index is 0.226. The van der Waals surface area contributed by atoms with Gasteiger partial charge in [0.25, 0.3) is 0 Å². The molecule has 0 heterocycles. The Morgan fingerprint density at radius 3 is 2.12 bits per heavy atom. The topological polar surface area (TPSA) is 38.5 Å². The van der Waals surface area contributed by atoms with Crippen molar-refractivity contribution in [2.24, 2.45) is 5.73 Å². The number of nitrogens with two attached hydrogens (primary N) is 1. The highest BCUT2D eigenvalue weighted by atomic mass is 19.4. The van der Waals surface area contributed by atoms with Crippen LogP contribution < -0.4 is 5.73 Å². The van der Waals surface area contributed by atoms with E-state index >= 15 is 0 Å². The number of hydrogen-bond acceptors (Lipinski definition) is 3. The number of nitrogens with zero attached hydrogens (tertiary/aromatic N) is 1. The van der Waals surface area contributed by atoms with Gasteiger partial charge in [0.1, 0.15) is 0 Å². The SMILES string of the molecule is COC(C)(C)CCN(CCN)CC(F)(F)F. The maximum absolute atomic E-state index is 12.2. The zero-order valence-corrected chi connectivity index (χ0v) is 10.1. The molecule has 0 spiro atoms. The lowest BCUT2D eigenvalue weighted by atomic mass is 10.1. The molecule has 0 rings (SSSR count). The Morgan fingerprint density at radius 1 is 1.19 bits per heavy atom. The van der Waals surface area contributed by atoms with Crippen LogP contribution in [0.3, 0.4) is 0 Å². The average molecular weight is 242 g/mol. The first kappa shape index (κ1) is 15.7. The van der Waals surface area contributed by atoms with Gasteiger partial charge in [-0.05, 0) is 20.3 Å². The smallest absolute Gasteiger partial charge is 0.379 e. The van der Waals surface area contributed by atoms with Gasteiger partial charge in [-0.3, -0.25) is 4.90 Å². The summed E-state index contributed by atoms with van der Waals surface area (Å²) in [5.41, 5.74) is 4.88. The number of halogens is 3. The summed E-state index contributed by atoms with van der Waals surface area (Å²) < 4.78 is 41.8. The number of hydrogen-bond donors (Lipinski definition) is 1. The van der Waals surface area contributed by atoms with E-state index in [9.17, 15) is 13.2 Å². The number of alkyl halides is 3. The second kappa shape index (κ2) is 6.42. The van der Waals surface area contributed by atoms with E-state index in [1.807, 2.05) is 13.8 Å². The molecule has 2 N–H and O–H groups in total. The molecule has 0 fully saturated rings. The van der Waals surface area contributed by atoms with E-state index < -0.39 is 18.3 Å². The van der Waals surface area contributed by atoms with E-state index in [1.54, 1.807) is 7.11 Å². The molecule has 0 aliphatic rings. The Balaban J connectivity index is 4.14. The van der Waals surface area contributed by atoms with E-state index in [4.69, 9.17) is 10.5 Å². The molecule has 98 valence electrons. The fourth-order valence-electron chi connectivity index (χ4n) is 1.24. The van der Waals surface area contributed by atoms with E-state index in [2.05, 4.69) is 0 Å². The zero-order chi connectivity index (χ0) is 12.8. The first-order valence-corrected chi connectivity index (χ1v) is 5.24. The van der Waals surface area contributed by atoms with Crippen LogP contribution in [0, 0.1) is 0 Å². The molecule has 0 radical (unpaired) electrons. The summed E-state index contributed by atoms with van der Waals surface area (Å²) in [6.45, 7) is 3.59. The van der Waals surface area contributed by atoms with Crippen LogP contribution in [0.1, 0.15) is 20.3 Å². The van der Waals surface area contributed by atoms with Gasteiger partial charge in [0.15, 0.2) is 0 Å². The summed E-state index contributed by atoms with van der Waals surface area (Å²) in [5, 5.41) is 0. The first-order chi connectivity index (χ1) is 7.20. The van der Waals surface area contributed by atoms with Crippen molar-refractivity contribution >= 4 is 0 Å². The second-order valence-electron chi connectivity index (χ2n) is 4.39. The monoisotopic (exact) mass is 242 g/mol. The molecule has 3 nitrogen and oxygen atoms in total. The normalized spacial score (nSPS) is 13.5. The van der Waals surface area contributed by atoms with Gasteiger partial charge in [-0.25, -0.2) is 0 Å². The molecule has 0 aromatic heterocycles. The Bertz CT molecular complexity index is 195. The summed E-state index contributed by atoms with van der Waals surface area (Å²) in [4.78, 5) is 1.31. The van der Waals surface area contributed by atoms with E-state index in [0.29, 0.717) is 13.0 Å². The molecule has 0 amide bonds. The first-order valence-electron chi connectivity index (χ1n) is 5.24. The molecule has 0 aliphatic carbocycles. The molecule has 0 aromatic carbocycles. The predicted octanol–water partition coefficient (Wildman–Crippen LogP) is 1.62. The minimum Gasteiger partial charge on any atom is -0.379 e. The molecule has 16 heavy (non-hydrogen) atoms. The van der Waals surface area contributed by atoms with E-state index in [0.717, 1.165) is 0 Å². The fraction of sp³-hybridized carbons (Fsp3) is 1.00. The standard InChI is InChI=1S/C10H21F3N2O/c1-9(2,16-3)4-6-15(7-5-14)8-10(11,12)13/h4-8,14H2,1-3H3. The highest BCUT2D eigenvalue weighted by molar-refractivity contribution is 4.72. The van der Waals surface area contributed by atoms with Gasteiger partial charge in [0.05, 0.1) is 12.1 Å². The Morgan fingerprint density at radius 2 is 1.75 bits per heavy atom.